The van der Waals surface area contributed by atoms with Crippen molar-refractivity contribution in [2.75, 3.05) is 13.1 Å². The quantitative estimate of drug-likeness (QED) is 0.549. The predicted molar refractivity (Wildman–Crippen MR) is 124 cm³/mol. The Labute approximate surface area is 197 Å². The number of nitriles is 1. The van der Waals surface area contributed by atoms with Crippen LogP contribution in [0, 0.1) is 23.0 Å². The van der Waals surface area contributed by atoms with E-state index >= 15 is 0 Å². The molecule has 3 aromatic carbocycles. The Morgan fingerprint density at radius 1 is 1.03 bits per heavy atom. The Bertz CT molecular complexity index is 1200. The van der Waals surface area contributed by atoms with Crippen molar-refractivity contribution in [3.05, 3.63) is 101 Å². The molecule has 0 aliphatic carbocycles. The second-order valence-corrected chi connectivity index (χ2v) is 8.36. The van der Waals surface area contributed by atoms with Crippen molar-refractivity contribution >= 4 is 5.91 Å². The van der Waals surface area contributed by atoms with Gasteiger partial charge in [-0.2, -0.15) is 5.26 Å². The van der Waals surface area contributed by atoms with Crippen LogP contribution < -0.4 is 10.1 Å². The van der Waals surface area contributed by atoms with E-state index in [2.05, 4.69) is 16.3 Å². The highest BCUT2D eigenvalue weighted by molar-refractivity contribution is 5.94. The number of piperidine rings is 1. The number of benzene rings is 3. The third kappa shape index (κ3) is 5.97. The fourth-order valence-electron chi connectivity index (χ4n) is 4.04. The van der Waals surface area contributed by atoms with E-state index in [9.17, 15) is 18.8 Å². The van der Waals surface area contributed by atoms with Gasteiger partial charge in [-0.15, -0.1) is 0 Å². The maximum absolute atomic E-state index is 13.4. The summed E-state index contributed by atoms with van der Waals surface area (Å²) >= 11 is 0. The molecule has 1 fully saturated rings. The van der Waals surface area contributed by atoms with E-state index in [1.807, 2.05) is 12.1 Å². The van der Waals surface area contributed by atoms with Crippen LogP contribution in [-0.4, -0.2) is 29.9 Å². The minimum Gasteiger partial charge on any atom is -0.489 e. The van der Waals surface area contributed by atoms with Gasteiger partial charge in [0.15, 0.2) is 11.6 Å². The highest BCUT2D eigenvalue weighted by Crippen LogP contribution is 2.19. The molecular formula is C27H25F2N3O2. The summed E-state index contributed by atoms with van der Waals surface area (Å²) in [6, 6.07) is 20.4. The number of amides is 1. The lowest BCUT2D eigenvalue weighted by Crippen LogP contribution is -2.44. The van der Waals surface area contributed by atoms with Gasteiger partial charge in [0.2, 0.25) is 0 Å². The van der Waals surface area contributed by atoms with Crippen molar-refractivity contribution < 1.29 is 18.3 Å². The van der Waals surface area contributed by atoms with Gasteiger partial charge in [-0.05, 0) is 54.8 Å². The fraction of sp³-hybridized carbons (Fsp3) is 0.259. The van der Waals surface area contributed by atoms with Crippen molar-refractivity contribution in [3.63, 3.8) is 0 Å². The maximum Gasteiger partial charge on any atom is 0.251 e. The largest absolute Gasteiger partial charge is 0.489 e. The number of carbonyl (C=O) groups excluding carboxylic acids is 1. The van der Waals surface area contributed by atoms with E-state index < -0.39 is 11.6 Å². The minimum atomic E-state index is -0.841. The second kappa shape index (κ2) is 10.9. The number of halogens is 2. The van der Waals surface area contributed by atoms with Crippen LogP contribution >= 0.6 is 0 Å². The normalized spacial score (nSPS) is 14.4. The molecule has 7 heteroatoms. The second-order valence-electron chi connectivity index (χ2n) is 8.36. The van der Waals surface area contributed by atoms with Crippen LogP contribution in [0.5, 0.6) is 5.75 Å². The lowest BCUT2D eigenvalue weighted by Gasteiger charge is -2.32. The first-order chi connectivity index (χ1) is 16.5. The molecule has 0 saturated carbocycles. The number of rotatable bonds is 7. The predicted octanol–water partition coefficient (Wildman–Crippen LogP) is 4.81. The van der Waals surface area contributed by atoms with Crippen LogP contribution in [0.4, 0.5) is 8.78 Å². The Morgan fingerprint density at radius 2 is 1.82 bits per heavy atom. The summed E-state index contributed by atoms with van der Waals surface area (Å²) in [6.45, 7) is 2.30. The van der Waals surface area contributed by atoms with E-state index in [0.717, 1.165) is 43.1 Å². The number of carbonyl (C=O) groups is 1. The molecule has 0 atom stereocenters. The van der Waals surface area contributed by atoms with Crippen molar-refractivity contribution in [2.45, 2.75) is 32.0 Å². The van der Waals surface area contributed by atoms with E-state index in [1.54, 1.807) is 42.5 Å². The van der Waals surface area contributed by atoms with Crippen LogP contribution in [0.1, 0.15) is 39.9 Å². The van der Waals surface area contributed by atoms with Crippen LogP contribution in [0.2, 0.25) is 0 Å². The average molecular weight is 462 g/mol. The van der Waals surface area contributed by atoms with E-state index in [-0.39, 0.29) is 18.6 Å². The number of hydrogen-bond donors (Lipinski definition) is 1. The first kappa shape index (κ1) is 23.4. The molecule has 1 aliphatic heterocycles. The standard InChI is InChI=1S/C27H25F2N3O2/c28-25-9-8-19(14-26(25)29)17-32-12-10-23(11-13-32)31-27(33)20-6-3-7-24(15-20)34-18-22-5-2-1-4-21(22)16-30/h1-9,14-15,23H,10-13,17-18H2,(H,31,33). The van der Waals surface area contributed by atoms with Gasteiger partial charge < -0.3 is 10.1 Å². The number of nitrogens with zero attached hydrogens (tertiary/aromatic N) is 2. The zero-order valence-corrected chi connectivity index (χ0v) is 18.6. The average Bonchev–Trinajstić information content (AvgIpc) is 2.86. The molecule has 0 bridgehead atoms. The molecule has 1 saturated heterocycles. The van der Waals surface area contributed by atoms with Crippen LogP contribution in [-0.2, 0) is 13.2 Å². The van der Waals surface area contributed by atoms with Crippen molar-refractivity contribution in [2.24, 2.45) is 0 Å². The van der Waals surface area contributed by atoms with Gasteiger partial charge in [0, 0.05) is 36.8 Å². The molecule has 0 radical (unpaired) electrons. The zero-order chi connectivity index (χ0) is 23.9. The van der Waals surface area contributed by atoms with Crippen molar-refractivity contribution in [1.82, 2.24) is 10.2 Å². The monoisotopic (exact) mass is 461 g/mol. The Hall–Kier alpha value is -3.76. The van der Waals surface area contributed by atoms with Gasteiger partial charge in [-0.3, -0.25) is 9.69 Å². The van der Waals surface area contributed by atoms with E-state index in [0.29, 0.717) is 23.4 Å². The van der Waals surface area contributed by atoms with Gasteiger partial charge in [0.05, 0.1) is 11.6 Å². The molecule has 1 amide bonds. The molecule has 3 aromatic rings. The maximum atomic E-state index is 13.4. The molecule has 0 spiro atoms. The summed E-state index contributed by atoms with van der Waals surface area (Å²) in [4.78, 5) is 15.0. The molecule has 34 heavy (non-hydrogen) atoms. The Balaban J connectivity index is 1.28. The molecule has 1 N–H and O–H groups in total. The van der Waals surface area contributed by atoms with Crippen molar-refractivity contribution in [1.29, 1.82) is 5.26 Å². The molecule has 174 valence electrons. The Kier molecular flexibility index (Phi) is 7.51. The summed E-state index contributed by atoms with van der Waals surface area (Å²) in [7, 11) is 0. The summed E-state index contributed by atoms with van der Waals surface area (Å²) in [5, 5.41) is 12.3. The van der Waals surface area contributed by atoms with Crippen molar-refractivity contribution in [3.8, 4) is 11.8 Å². The molecular weight excluding hydrogens is 436 g/mol. The van der Waals surface area contributed by atoms with Gasteiger partial charge in [0.25, 0.3) is 5.91 Å². The molecule has 0 unspecified atom stereocenters. The van der Waals surface area contributed by atoms with Gasteiger partial charge in [-0.25, -0.2) is 8.78 Å². The van der Waals surface area contributed by atoms with E-state index in [4.69, 9.17) is 4.74 Å². The number of likely N-dealkylation sites (tertiary alicyclic amines) is 1. The first-order valence-electron chi connectivity index (χ1n) is 11.2. The van der Waals surface area contributed by atoms with E-state index in [1.165, 1.54) is 6.07 Å². The van der Waals surface area contributed by atoms with Crippen LogP contribution in [0.15, 0.2) is 66.7 Å². The van der Waals surface area contributed by atoms with Crippen LogP contribution in [0.3, 0.4) is 0 Å². The molecule has 0 aromatic heterocycles. The van der Waals surface area contributed by atoms with Gasteiger partial charge in [-0.1, -0.05) is 30.3 Å². The number of hydrogen-bond acceptors (Lipinski definition) is 4. The molecule has 4 rings (SSSR count). The van der Waals surface area contributed by atoms with Crippen LogP contribution in [0.25, 0.3) is 0 Å². The summed E-state index contributed by atoms with van der Waals surface area (Å²) in [6.07, 6.45) is 1.55. The SMILES string of the molecule is N#Cc1ccccc1COc1cccc(C(=O)NC2CCN(Cc3ccc(F)c(F)c3)CC2)c1. The van der Waals surface area contributed by atoms with Gasteiger partial charge >= 0.3 is 0 Å². The number of nitrogens with one attached hydrogen (secondary N) is 1. The third-order valence-electron chi connectivity index (χ3n) is 5.94. The number of ether oxygens (including phenoxy) is 1. The topological polar surface area (TPSA) is 65.4 Å². The fourth-order valence-corrected chi connectivity index (χ4v) is 4.04. The minimum absolute atomic E-state index is 0.0424. The summed E-state index contributed by atoms with van der Waals surface area (Å²) in [5.41, 5.74) is 2.59. The first-order valence-corrected chi connectivity index (χ1v) is 11.2. The Morgan fingerprint density at radius 3 is 2.59 bits per heavy atom. The third-order valence-corrected chi connectivity index (χ3v) is 5.94. The lowest BCUT2D eigenvalue weighted by atomic mass is 10.0. The zero-order valence-electron chi connectivity index (χ0n) is 18.6. The summed E-state index contributed by atoms with van der Waals surface area (Å²) in [5.74, 6) is -1.28. The highest BCUT2D eigenvalue weighted by atomic mass is 19.2. The molecule has 1 heterocycles. The lowest BCUT2D eigenvalue weighted by molar-refractivity contribution is 0.0908. The molecule has 5 nitrogen and oxygen atoms in total. The molecule has 1 aliphatic rings. The highest BCUT2D eigenvalue weighted by Gasteiger charge is 2.21. The smallest absolute Gasteiger partial charge is 0.251 e. The van der Waals surface area contributed by atoms with Gasteiger partial charge in [0.1, 0.15) is 12.4 Å². The summed E-state index contributed by atoms with van der Waals surface area (Å²) < 4.78 is 32.4.